The maximum atomic E-state index is 13.4. The fourth-order valence-corrected chi connectivity index (χ4v) is 2.39. The highest BCUT2D eigenvalue weighted by Gasteiger charge is 2.34. The Hall–Kier alpha value is -1.14. The van der Waals surface area contributed by atoms with Crippen molar-refractivity contribution in [2.45, 2.75) is 25.1 Å². The van der Waals surface area contributed by atoms with Crippen molar-refractivity contribution < 1.29 is 22.3 Å². The van der Waals surface area contributed by atoms with Crippen LogP contribution in [-0.2, 0) is 10.9 Å². The van der Waals surface area contributed by atoms with E-state index in [1.54, 1.807) is 0 Å². The summed E-state index contributed by atoms with van der Waals surface area (Å²) >= 11 is 0. The van der Waals surface area contributed by atoms with Crippen molar-refractivity contribution in [1.29, 1.82) is 0 Å². The highest BCUT2D eigenvalue weighted by molar-refractivity contribution is 5.29. The lowest BCUT2D eigenvalue weighted by Gasteiger charge is -2.31. The summed E-state index contributed by atoms with van der Waals surface area (Å²) in [7, 11) is 0. The molecule has 0 saturated carbocycles. The van der Waals surface area contributed by atoms with Crippen LogP contribution in [0.1, 0.15) is 30.1 Å². The van der Waals surface area contributed by atoms with Crippen LogP contribution in [-0.4, -0.2) is 13.2 Å². The molecule has 0 radical (unpaired) electrons. The molecule has 2 unspecified atom stereocenters. The second-order valence-electron chi connectivity index (χ2n) is 4.70. The minimum Gasteiger partial charge on any atom is -0.373 e. The third-order valence-corrected chi connectivity index (χ3v) is 3.32. The third kappa shape index (κ3) is 3.25. The van der Waals surface area contributed by atoms with Crippen molar-refractivity contribution in [2.75, 3.05) is 13.2 Å². The van der Waals surface area contributed by atoms with Crippen molar-refractivity contribution in [3.05, 3.63) is 35.1 Å². The standard InChI is InChI=1S/C13H15F4NO/c14-11-5-9(4-10(6-11)13(15,16)17)12-8(7-18)2-1-3-19-12/h4-6,8,12H,1-3,7,18H2. The summed E-state index contributed by atoms with van der Waals surface area (Å²) in [4.78, 5) is 0. The van der Waals surface area contributed by atoms with Crippen LogP contribution in [0.4, 0.5) is 17.6 Å². The van der Waals surface area contributed by atoms with E-state index < -0.39 is 23.7 Å². The van der Waals surface area contributed by atoms with E-state index in [-0.39, 0.29) is 11.5 Å². The van der Waals surface area contributed by atoms with Gasteiger partial charge in [0.1, 0.15) is 5.82 Å². The van der Waals surface area contributed by atoms with Gasteiger partial charge in [0, 0.05) is 12.5 Å². The van der Waals surface area contributed by atoms with E-state index in [1.165, 1.54) is 0 Å². The van der Waals surface area contributed by atoms with E-state index in [9.17, 15) is 17.6 Å². The zero-order chi connectivity index (χ0) is 14.0. The minimum absolute atomic E-state index is 0.0726. The van der Waals surface area contributed by atoms with Crippen LogP contribution in [0.5, 0.6) is 0 Å². The molecule has 2 N–H and O–H groups in total. The minimum atomic E-state index is -4.57. The monoisotopic (exact) mass is 277 g/mol. The molecule has 0 aliphatic carbocycles. The number of nitrogens with two attached hydrogens (primary N) is 1. The molecule has 2 nitrogen and oxygen atoms in total. The van der Waals surface area contributed by atoms with Crippen LogP contribution in [0.3, 0.4) is 0 Å². The number of hydrogen-bond acceptors (Lipinski definition) is 2. The molecule has 2 atom stereocenters. The van der Waals surface area contributed by atoms with Gasteiger partial charge < -0.3 is 10.5 Å². The first-order chi connectivity index (χ1) is 8.91. The Labute approximate surface area is 108 Å². The van der Waals surface area contributed by atoms with Crippen LogP contribution in [0.25, 0.3) is 0 Å². The van der Waals surface area contributed by atoms with Gasteiger partial charge >= 0.3 is 6.18 Å². The average Bonchev–Trinajstić information content (AvgIpc) is 2.37. The van der Waals surface area contributed by atoms with E-state index in [1.807, 2.05) is 0 Å². The predicted octanol–water partition coefficient (Wildman–Crippen LogP) is 3.27. The lowest BCUT2D eigenvalue weighted by atomic mass is 9.89. The fourth-order valence-electron chi connectivity index (χ4n) is 2.39. The van der Waals surface area contributed by atoms with Gasteiger partial charge in [0.25, 0.3) is 0 Å². The van der Waals surface area contributed by atoms with Crippen LogP contribution in [0, 0.1) is 11.7 Å². The van der Waals surface area contributed by atoms with Crippen LogP contribution >= 0.6 is 0 Å². The summed E-state index contributed by atoms with van der Waals surface area (Å²) in [5.74, 6) is -0.980. The molecule has 1 aliphatic heterocycles. The Morgan fingerprint density at radius 3 is 2.63 bits per heavy atom. The molecule has 1 saturated heterocycles. The van der Waals surface area contributed by atoms with E-state index in [2.05, 4.69) is 0 Å². The molecule has 0 amide bonds. The smallest absolute Gasteiger partial charge is 0.373 e. The average molecular weight is 277 g/mol. The van der Waals surface area contributed by atoms with E-state index in [0.29, 0.717) is 19.2 Å². The lowest BCUT2D eigenvalue weighted by molar-refractivity contribution is -0.138. The van der Waals surface area contributed by atoms with Gasteiger partial charge in [-0.1, -0.05) is 0 Å². The van der Waals surface area contributed by atoms with Crippen LogP contribution in [0.2, 0.25) is 0 Å². The summed E-state index contributed by atoms with van der Waals surface area (Å²) < 4.78 is 56.8. The molecule has 0 aromatic heterocycles. The quantitative estimate of drug-likeness (QED) is 0.842. The third-order valence-electron chi connectivity index (χ3n) is 3.32. The Balaban J connectivity index is 2.35. The highest BCUT2D eigenvalue weighted by atomic mass is 19.4. The maximum absolute atomic E-state index is 13.4. The summed E-state index contributed by atoms with van der Waals surface area (Å²) in [5.41, 5.74) is 4.81. The number of hydrogen-bond donors (Lipinski definition) is 1. The second-order valence-corrected chi connectivity index (χ2v) is 4.70. The SMILES string of the molecule is NCC1CCCOC1c1cc(F)cc(C(F)(F)F)c1. The summed E-state index contributed by atoms with van der Waals surface area (Å²) in [6.45, 7) is 0.765. The maximum Gasteiger partial charge on any atom is 0.416 e. The Morgan fingerprint density at radius 1 is 1.26 bits per heavy atom. The summed E-state index contributed by atoms with van der Waals surface area (Å²) in [6.07, 6.45) is -3.53. The van der Waals surface area contributed by atoms with Gasteiger partial charge in [0.15, 0.2) is 0 Å². The van der Waals surface area contributed by atoms with Gasteiger partial charge in [-0.3, -0.25) is 0 Å². The first-order valence-corrected chi connectivity index (χ1v) is 6.11. The van der Waals surface area contributed by atoms with Gasteiger partial charge in [-0.15, -0.1) is 0 Å². The second kappa shape index (κ2) is 5.46. The van der Waals surface area contributed by atoms with Crippen molar-refractivity contribution in [2.24, 2.45) is 11.7 Å². The molecule has 0 bridgehead atoms. The molecule has 1 aromatic carbocycles. The molecule has 0 spiro atoms. The van der Waals surface area contributed by atoms with E-state index in [0.717, 1.165) is 25.0 Å². The van der Waals surface area contributed by atoms with Crippen molar-refractivity contribution in [1.82, 2.24) is 0 Å². The van der Waals surface area contributed by atoms with E-state index >= 15 is 0 Å². The largest absolute Gasteiger partial charge is 0.416 e. The van der Waals surface area contributed by atoms with Crippen LogP contribution in [0.15, 0.2) is 18.2 Å². The molecule has 1 aromatic rings. The molecular formula is C13H15F4NO. The van der Waals surface area contributed by atoms with Gasteiger partial charge in [0.2, 0.25) is 0 Å². The topological polar surface area (TPSA) is 35.2 Å². The number of benzene rings is 1. The molecular weight excluding hydrogens is 262 g/mol. The summed E-state index contributed by atoms with van der Waals surface area (Å²) in [5, 5.41) is 0. The molecule has 2 rings (SSSR count). The molecule has 1 heterocycles. The van der Waals surface area contributed by atoms with Crippen molar-refractivity contribution in [3.8, 4) is 0 Å². The zero-order valence-corrected chi connectivity index (χ0v) is 10.2. The van der Waals surface area contributed by atoms with E-state index in [4.69, 9.17) is 10.5 Å². The lowest BCUT2D eigenvalue weighted by Crippen LogP contribution is -2.29. The predicted molar refractivity (Wildman–Crippen MR) is 61.9 cm³/mol. The van der Waals surface area contributed by atoms with Crippen molar-refractivity contribution in [3.63, 3.8) is 0 Å². The first kappa shape index (κ1) is 14.3. The zero-order valence-electron chi connectivity index (χ0n) is 10.2. The molecule has 1 aliphatic rings. The van der Waals surface area contributed by atoms with Crippen molar-refractivity contribution >= 4 is 0 Å². The Morgan fingerprint density at radius 2 is 2.00 bits per heavy atom. The Kier molecular flexibility index (Phi) is 4.10. The van der Waals surface area contributed by atoms with Gasteiger partial charge in [0.05, 0.1) is 11.7 Å². The van der Waals surface area contributed by atoms with Gasteiger partial charge in [-0.2, -0.15) is 13.2 Å². The Bertz CT molecular complexity index is 447. The number of alkyl halides is 3. The normalized spacial score (nSPS) is 24.5. The van der Waals surface area contributed by atoms with Gasteiger partial charge in [-0.05, 0) is 43.1 Å². The molecule has 19 heavy (non-hydrogen) atoms. The molecule has 106 valence electrons. The summed E-state index contributed by atoms with van der Waals surface area (Å²) in [6, 6.07) is 2.53. The van der Waals surface area contributed by atoms with Crippen LogP contribution < -0.4 is 5.73 Å². The number of halogens is 4. The molecule has 6 heteroatoms. The fraction of sp³-hybridized carbons (Fsp3) is 0.538. The van der Waals surface area contributed by atoms with Gasteiger partial charge in [-0.25, -0.2) is 4.39 Å². The number of ether oxygens (including phenoxy) is 1. The number of rotatable bonds is 2. The highest BCUT2D eigenvalue weighted by Crippen LogP contribution is 2.37. The first-order valence-electron chi connectivity index (χ1n) is 6.11. The molecule has 1 fully saturated rings.